The van der Waals surface area contributed by atoms with E-state index in [9.17, 15) is 9.59 Å². The molecule has 1 amide bonds. The minimum atomic E-state index is -0.853. The van der Waals surface area contributed by atoms with Crippen LogP contribution < -0.4 is 4.74 Å². The molecule has 1 N–H and O–H groups in total. The minimum Gasteiger partial charge on any atom is -0.493 e. The number of aliphatic carboxylic acids is 1. The van der Waals surface area contributed by atoms with Gasteiger partial charge in [-0.1, -0.05) is 11.6 Å². The molecule has 1 aliphatic rings. The summed E-state index contributed by atoms with van der Waals surface area (Å²) in [5, 5.41) is 9.60. The number of benzene rings is 1. The summed E-state index contributed by atoms with van der Waals surface area (Å²) in [5.41, 5.74) is 0.423. The monoisotopic (exact) mass is 311 g/mol. The van der Waals surface area contributed by atoms with Crippen molar-refractivity contribution in [3.8, 4) is 5.75 Å². The average molecular weight is 312 g/mol. The molecule has 114 valence electrons. The summed E-state index contributed by atoms with van der Waals surface area (Å²) in [7, 11) is 0. The second-order valence-corrected chi connectivity index (χ2v) is 5.44. The van der Waals surface area contributed by atoms with E-state index in [1.54, 1.807) is 23.1 Å². The zero-order valence-electron chi connectivity index (χ0n) is 11.8. The second kappa shape index (κ2) is 6.80. The van der Waals surface area contributed by atoms with Crippen LogP contribution in [0.2, 0.25) is 5.02 Å². The molecule has 1 atom stereocenters. The SMILES string of the molecule is CCOc1cc(Cl)ccc1C(=O)N1CCCC(C(=O)O)C1. The van der Waals surface area contributed by atoms with Gasteiger partial charge in [0.1, 0.15) is 5.75 Å². The molecule has 0 aliphatic carbocycles. The number of hydrogen-bond donors (Lipinski definition) is 1. The molecule has 1 fully saturated rings. The number of carboxylic acids is 1. The third-order valence-electron chi connectivity index (χ3n) is 3.53. The Morgan fingerprint density at radius 2 is 2.24 bits per heavy atom. The zero-order valence-corrected chi connectivity index (χ0v) is 12.6. The van der Waals surface area contributed by atoms with Gasteiger partial charge in [-0.05, 0) is 38.0 Å². The molecule has 0 radical (unpaired) electrons. The number of nitrogens with zero attached hydrogens (tertiary/aromatic N) is 1. The molecule has 21 heavy (non-hydrogen) atoms. The summed E-state index contributed by atoms with van der Waals surface area (Å²) >= 11 is 5.93. The number of hydrogen-bond acceptors (Lipinski definition) is 3. The molecule has 2 rings (SSSR count). The van der Waals surface area contributed by atoms with Gasteiger partial charge in [0.15, 0.2) is 0 Å². The fourth-order valence-electron chi connectivity index (χ4n) is 2.48. The zero-order chi connectivity index (χ0) is 15.4. The Hall–Kier alpha value is -1.75. The Morgan fingerprint density at radius 3 is 2.90 bits per heavy atom. The van der Waals surface area contributed by atoms with Crippen molar-refractivity contribution in [3.63, 3.8) is 0 Å². The van der Waals surface area contributed by atoms with Crippen molar-refractivity contribution in [3.05, 3.63) is 28.8 Å². The van der Waals surface area contributed by atoms with Crippen LogP contribution in [0.25, 0.3) is 0 Å². The van der Waals surface area contributed by atoms with Gasteiger partial charge in [-0.25, -0.2) is 0 Å². The second-order valence-electron chi connectivity index (χ2n) is 5.00. The highest BCUT2D eigenvalue weighted by molar-refractivity contribution is 6.30. The van der Waals surface area contributed by atoms with Crippen LogP contribution >= 0.6 is 11.6 Å². The fourth-order valence-corrected chi connectivity index (χ4v) is 2.64. The Labute approximate surface area is 128 Å². The van der Waals surface area contributed by atoms with Crippen molar-refractivity contribution in [2.75, 3.05) is 19.7 Å². The van der Waals surface area contributed by atoms with Crippen molar-refractivity contribution < 1.29 is 19.4 Å². The Bertz CT molecular complexity index is 546. The molecule has 0 bridgehead atoms. The van der Waals surface area contributed by atoms with Crippen LogP contribution in [0.5, 0.6) is 5.75 Å². The Kier molecular flexibility index (Phi) is 5.07. The van der Waals surface area contributed by atoms with E-state index >= 15 is 0 Å². The van der Waals surface area contributed by atoms with Gasteiger partial charge in [0.2, 0.25) is 0 Å². The van der Waals surface area contributed by atoms with Gasteiger partial charge in [-0.2, -0.15) is 0 Å². The molecular formula is C15H18ClNO4. The number of ether oxygens (including phenoxy) is 1. The number of carbonyl (C=O) groups is 2. The van der Waals surface area contributed by atoms with Gasteiger partial charge in [0, 0.05) is 18.1 Å². The van der Waals surface area contributed by atoms with Crippen molar-refractivity contribution in [1.29, 1.82) is 0 Å². The minimum absolute atomic E-state index is 0.207. The maximum Gasteiger partial charge on any atom is 0.308 e. The molecular weight excluding hydrogens is 294 g/mol. The lowest BCUT2D eigenvalue weighted by Gasteiger charge is -2.31. The number of halogens is 1. The molecule has 0 spiro atoms. The molecule has 1 heterocycles. The number of amides is 1. The van der Waals surface area contributed by atoms with Gasteiger partial charge in [-0.3, -0.25) is 9.59 Å². The van der Waals surface area contributed by atoms with Crippen LogP contribution in [-0.4, -0.2) is 41.6 Å². The fraction of sp³-hybridized carbons (Fsp3) is 0.467. The van der Waals surface area contributed by atoms with Crippen molar-refractivity contribution in [1.82, 2.24) is 4.90 Å². The van der Waals surface area contributed by atoms with Crippen LogP contribution in [0.4, 0.5) is 0 Å². The molecule has 1 aliphatic heterocycles. The van der Waals surface area contributed by atoms with E-state index in [-0.39, 0.29) is 12.5 Å². The first-order valence-electron chi connectivity index (χ1n) is 6.97. The highest BCUT2D eigenvalue weighted by atomic mass is 35.5. The standard InChI is InChI=1S/C15H18ClNO4/c1-2-21-13-8-11(16)5-6-12(13)14(18)17-7-3-4-10(9-17)15(19)20/h5-6,8,10H,2-4,7,9H2,1H3,(H,19,20). The first-order valence-corrected chi connectivity index (χ1v) is 7.35. The number of rotatable bonds is 4. The maximum absolute atomic E-state index is 12.6. The lowest BCUT2D eigenvalue weighted by Crippen LogP contribution is -2.42. The van der Waals surface area contributed by atoms with E-state index < -0.39 is 11.9 Å². The molecule has 1 aromatic rings. The van der Waals surface area contributed by atoms with Crippen LogP contribution in [-0.2, 0) is 4.79 Å². The third kappa shape index (κ3) is 3.67. The molecule has 1 saturated heterocycles. The number of likely N-dealkylation sites (tertiary alicyclic amines) is 1. The van der Waals surface area contributed by atoms with E-state index in [1.807, 2.05) is 6.92 Å². The lowest BCUT2D eigenvalue weighted by molar-refractivity contribution is -0.143. The van der Waals surface area contributed by atoms with E-state index in [1.165, 1.54) is 0 Å². The van der Waals surface area contributed by atoms with Gasteiger partial charge in [0.25, 0.3) is 5.91 Å². The summed E-state index contributed by atoms with van der Waals surface area (Å²) in [6.07, 6.45) is 1.30. The van der Waals surface area contributed by atoms with Gasteiger partial charge >= 0.3 is 5.97 Å². The van der Waals surface area contributed by atoms with E-state index in [0.717, 1.165) is 0 Å². The predicted octanol–water partition coefficient (Wildman–Crippen LogP) is 2.68. The van der Waals surface area contributed by atoms with Gasteiger partial charge in [0.05, 0.1) is 18.1 Å². The van der Waals surface area contributed by atoms with E-state index in [4.69, 9.17) is 21.4 Å². The number of carbonyl (C=O) groups excluding carboxylic acids is 1. The van der Waals surface area contributed by atoms with Crippen molar-refractivity contribution in [2.45, 2.75) is 19.8 Å². The lowest BCUT2D eigenvalue weighted by atomic mass is 9.97. The van der Waals surface area contributed by atoms with Gasteiger partial charge in [-0.15, -0.1) is 0 Å². The first kappa shape index (κ1) is 15.6. The summed E-state index contributed by atoms with van der Waals surface area (Å²) in [4.78, 5) is 25.3. The molecule has 5 nitrogen and oxygen atoms in total. The molecule has 6 heteroatoms. The maximum atomic E-state index is 12.6. The van der Waals surface area contributed by atoms with Crippen LogP contribution in [0.15, 0.2) is 18.2 Å². The van der Waals surface area contributed by atoms with Crippen LogP contribution in [0.1, 0.15) is 30.1 Å². The highest BCUT2D eigenvalue weighted by Gasteiger charge is 2.29. The van der Waals surface area contributed by atoms with E-state index in [0.29, 0.717) is 42.3 Å². The smallest absolute Gasteiger partial charge is 0.308 e. The summed E-state index contributed by atoms with van der Waals surface area (Å²) in [5.74, 6) is -1.12. The third-order valence-corrected chi connectivity index (χ3v) is 3.77. The predicted molar refractivity (Wildman–Crippen MR) is 78.9 cm³/mol. The summed E-state index contributed by atoms with van der Waals surface area (Å²) in [6.45, 7) is 3.06. The topological polar surface area (TPSA) is 66.8 Å². The summed E-state index contributed by atoms with van der Waals surface area (Å²) in [6, 6.07) is 4.87. The average Bonchev–Trinajstić information content (AvgIpc) is 2.47. The van der Waals surface area contributed by atoms with E-state index in [2.05, 4.69) is 0 Å². The number of piperidine rings is 1. The molecule has 1 aromatic carbocycles. The number of carboxylic acid groups (broad SMARTS) is 1. The highest BCUT2D eigenvalue weighted by Crippen LogP contribution is 2.27. The van der Waals surface area contributed by atoms with Crippen molar-refractivity contribution in [2.24, 2.45) is 5.92 Å². The molecule has 1 unspecified atom stereocenters. The van der Waals surface area contributed by atoms with Gasteiger partial charge < -0.3 is 14.7 Å². The Morgan fingerprint density at radius 1 is 1.48 bits per heavy atom. The molecule has 0 aromatic heterocycles. The van der Waals surface area contributed by atoms with Crippen LogP contribution in [0.3, 0.4) is 0 Å². The van der Waals surface area contributed by atoms with Crippen LogP contribution in [0, 0.1) is 5.92 Å². The first-order chi connectivity index (χ1) is 10.0. The quantitative estimate of drug-likeness (QED) is 0.928. The largest absolute Gasteiger partial charge is 0.493 e. The summed E-state index contributed by atoms with van der Waals surface area (Å²) < 4.78 is 5.46. The molecule has 0 saturated carbocycles. The normalized spacial score (nSPS) is 18.4. The van der Waals surface area contributed by atoms with Crippen molar-refractivity contribution >= 4 is 23.5 Å². The Balaban J connectivity index is 2.21.